The zero-order valence-corrected chi connectivity index (χ0v) is 15.2. The first kappa shape index (κ1) is 17.9. The van der Waals surface area contributed by atoms with Gasteiger partial charge in [-0.1, -0.05) is 6.07 Å². The molecule has 0 aliphatic carbocycles. The van der Waals surface area contributed by atoms with Gasteiger partial charge in [-0.2, -0.15) is 9.97 Å². The lowest BCUT2D eigenvalue weighted by Gasteiger charge is -2.07. The van der Waals surface area contributed by atoms with Crippen LogP contribution in [-0.2, 0) is 6.54 Å². The molecule has 4 N–H and O–H groups in total. The molecule has 11 heteroatoms. The van der Waals surface area contributed by atoms with E-state index in [2.05, 4.69) is 30.2 Å². The molecule has 5 aromatic rings. The van der Waals surface area contributed by atoms with Gasteiger partial charge in [0.1, 0.15) is 23.5 Å². The SMILES string of the molecule is Nc1nc(NCc2nc3c(F)c(F)ccc3[nH]2)c2ncn(-c3cccc(F)c3)c2n1. The zero-order chi connectivity index (χ0) is 20.8. The summed E-state index contributed by atoms with van der Waals surface area (Å²) in [5, 5.41) is 3.03. The molecule has 0 spiro atoms. The first-order valence-electron chi connectivity index (χ1n) is 8.82. The van der Waals surface area contributed by atoms with E-state index < -0.39 is 17.5 Å². The Morgan fingerprint density at radius 2 is 1.90 bits per heavy atom. The first-order valence-corrected chi connectivity index (χ1v) is 8.82. The van der Waals surface area contributed by atoms with Crippen molar-refractivity contribution in [3.8, 4) is 5.69 Å². The van der Waals surface area contributed by atoms with Gasteiger partial charge < -0.3 is 16.0 Å². The zero-order valence-electron chi connectivity index (χ0n) is 15.2. The molecule has 0 bridgehead atoms. The molecule has 8 nitrogen and oxygen atoms in total. The van der Waals surface area contributed by atoms with E-state index in [1.165, 1.54) is 24.5 Å². The number of anilines is 2. The lowest BCUT2D eigenvalue weighted by Crippen LogP contribution is -2.07. The number of nitrogen functional groups attached to an aromatic ring is 1. The van der Waals surface area contributed by atoms with Crippen molar-refractivity contribution in [3.05, 3.63) is 66.0 Å². The summed E-state index contributed by atoms with van der Waals surface area (Å²) in [6.07, 6.45) is 1.48. The molecule has 5 rings (SSSR count). The fraction of sp³-hybridized carbons (Fsp3) is 0.0526. The molecular weight excluding hydrogens is 397 g/mol. The van der Waals surface area contributed by atoms with Crippen LogP contribution < -0.4 is 11.1 Å². The number of halogens is 3. The van der Waals surface area contributed by atoms with Gasteiger partial charge in [0.15, 0.2) is 28.6 Å². The summed E-state index contributed by atoms with van der Waals surface area (Å²) in [5.41, 5.74) is 7.43. The maximum atomic E-state index is 13.9. The van der Waals surface area contributed by atoms with Crippen LogP contribution in [0.4, 0.5) is 24.9 Å². The minimum Gasteiger partial charge on any atom is -0.368 e. The monoisotopic (exact) mass is 410 g/mol. The second-order valence-corrected chi connectivity index (χ2v) is 6.49. The number of aromatic nitrogens is 6. The molecule has 0 aliphatic rings. The second kappa shape index (κ2) is 6.72. The molecule has 3 aromatic heterocycles. The topological polar surface area (TPSA) is 110 Å². The fourth-order valence-electron chi connectivity index (χ4n) is 3.17. The molecule has 2 aromatic carbocycles. The van der Waals surface area contributed by atoms with Gasteiger partial charge in [-0.25, -0.2) is 23.1 Å². The highest BCUT2D eigenvalue weighted by atomic mass is 19.2. The largest absolute Gasteiger partial charge is 0.368 e. The molecule has 0 radical (unpaired) electrons. The van der Waals surface area contributed by atoms with Crippen molar-refractivity contribution in [1.82, 2.24) is 29.5 Å². The highest BCUT2D eigenvalue weighted by Crippen LogP contribution is 2.24. The highest BCUT2D eigenvalue weighted by Gasteiger charge is 2.15. The molecular formula is C19H13F3N8. The molecule has 30 heavy (non-hydrogen) atoms. The van der Waals surface area contributed by atoms with E-state index in [4.69, 9.17) is 5.73 Å². The number of nitrogens with zero attached hydrogens (tertiary/aromatic N) is 5. The molecule has 0 amide bonds. The van der Waals surface area contributed by atoms with Crippen LogP contribution in [0.25, 0.3) is 27.9 Å². The van der Waals surface area contributed by atoms with Crippen molar-refractivity contribution >= 4 is 34.0 Å². The van der Waals surface area contributed by atoms with Crippen molar-refractivity contribution in [2.75, 3.05) is 11.1 Å². The lowest BCUT2D eigenvalue weighted by molar-refractivity contribution is 0.515. The highest BCUT2D eigenvalue weighted by molar-refractivity contribution is 5.85. The number of imidazole rings is 2. The van der Waals surface area contributed by atoms with E-state index in [0.29, 0.717) is 34.0 Å². The summed E-state index contributed by atoms with van der Waals surface area (Å²) in [6, 6.07) is 8.39. The number of hydrogen-bond donors (Lipinski definition) is 3. The number of H-pyrrole nitrogens is 1. The third kappa shape index (κ3) is 2.96. The Morgan fingerprint density at radius 3 is 2.73 bits per heavy atom. The van der Waals surface area contributed by atoms with E-state index >= 15 is 0 Å². The van der Waals surface area contributed by atoms with Crippen molar-refractivity contribution in [2.24, 2.45) is 0 Å². The molecule has 0 fully saturated rings. The molecule has 0 saturated carbocycles. The van der Waals surface area contributed by atoms with Crippen LogP contribution in [-0.4, -0.2) is 29.5 Å². The van der Waals surface area contributed by atoms with E-state index in [1.54, 1.807) is 16.7 Å². The van der Waals surface area contributed by atoms with E-state index in [-0.39, 0.29) is 18.0 Å². The predicted octanol–water partition coefficient (Wildman–Crippen LogP) is 3.30. The van der Waals surface area contributed by atoms with Crippen molar-refractivity contribution in [1.29, 1.82) is 0 Å². The minimum atomic E-state index is -1.02. The summed E-state index contributed by atoms with van der Waals surface area (Å²) in [6.45, 7) is 0.119. The third-order valence-electron chi connectivity index (χ3n) is 4.52. The second-order valence-electron chi connectivity index (χ2n) is 6.49. The maximum absolute atomic E-state index is 13.9. The van der Waals surface area contributed by atoms with Gasteiger partial charge in [0.25, 0.3) is 0 Å². The van der Waals surface area contributed by atoms with Crippen LogP contribution in [0.15, 0.2) is 42.7 Å². The van der Waals surface area contributed by atoms with Gasteiger partial charge in [0.2, 0.25) is 5.95 Å². The predicted molar refractivity (Wildman–Crippen MR) is 104 cm³/mol. The van der Waals surface area contributed by atoms with Crippen LogP contribution in [0.5, 0.6) is 0 Å². The van der Waals surface area contributed by atoms with Crippen LogP contribution in [0.3, 0.4) is 0 Å². The number of nitrogens with one attached hydrogen (secondary N) is 2. The third-order valence-corrected chi connectivity index (χ3v) is 4.52. The Morgan fingerprint density at radius 1 is 1.03 bits per heavy atom. The van der Waals surface area contributed by atoms with Gasteiger partial charge in [-0.15, -0.1) is 0 Å². The summed E-state index contributed by atoms with van der Waals surface area (Å²) >= 11 is 0. The number of hydrogen-bond acceptors (Lipinski definition) is 6. The average molecular weight is 410 g/mol. The Bertz CT molecular complexity index is 1410. The van der Waals surface area contributed by atoms with Crippen molar-refractivity contribution in [2.45, 2.75) is 6.54 Å². The quantitative estimate of drug-likeness (QED) is 0.419. The molecule has 0 saturated heterocycles. The maximum Gasteiger partial charge on any atom is 0.224 e. The van der Waals surface area contributed by atoms with Crippen molar-refractivity contribution < 1.29 is 13.2 Å². The van der Waals surface area contributed by atoms with E-state index in [9.17, 15) is 13.2 Å². The van der Waals surface area contributed by atoms with Crippen LogP contribution in [0, 0.1) is 17.5 Å². The van der Waals surface area contributed by atoms with Crippen LogP contribution in [0.2, 0.25) is 0 Å². The molecule has 3 heterocycles. The molecule has 0 aliphatic heterocycles. The minimum absolute atomic E-state index is 0.0131. The Hall–Kier alpha value is -4.15. The van der Waals surface area contributed by atoms with Crippen LogP contribution in [0.1, 0.15) is 5.82 Å². The smallest absolute Gasteiger partial charge is 0.224 e. The van der Waals surface area contributed by atoms with Gasteiger partial charge in [0, 0.05) is 0 Å². The van der Waals surface area contributed by atoms with Gasteiger partial charge in [-0.3, -0.25) is 4.57 Å². The Balaban J connectivity index is 1.50. The fourth-order valence-corrected chi connectivity index (χ4v) is 3.17. The summed E-state index contributed by atoms with van der Waals surface area (Å²) < 4.78 is 42.4. The van der Waals surface area contributed by atoms with E-state index in [0.717, 1.165) is 6.07 Å². The summed E-state index contributed by atoms with van der Waals surface area (Å²) in [4.78, 5) is 19.7. The number of nitrogens with two attached hydrogens (primary N) is 1. The van der Waals surface area contributed by atoms with Gasteiger partial charge in [-0.05, 0) is 30.3 Å². The van der Waals surface area contributed by atoms with Crippen molar-refractivity contribution in [3.63, 3.8) is 0 Å². The Kier molecular flexibility index (Phi) is 4.02. The van der Waals surface area contributed by atoms with Gasteiger partial charge >= 0.3 is 0 Å². The standard InChI is InChI=1S/C19H13F3N8/c20-9-2-1-3-10(6-9)30-8-25-16-17(28-19(23)29-18(16)30)24-7-13-26-12-5-4-11(21)14(22)15(12)27-13/h1-6,8H,7H2,(H,26,27)(H3,23,24,28,29). The number of aromatic amines is 1. The Labute approximate surface area is 166 Å². The summed E-state index contributed by atoms with van der Waals surface area (Å²) in [5.74, 6) is -1.72. The molecule has 0 atom stereocenters. The number of fused-ring (bicyclic) bond motifs is 2. The first-order chi connectivity index (χ1) is 14.5. The normalized spacial score (nSPS) is 11.4. The summed E-state index contributed by atoms with van der Waals surface area (Å²) in [7, 11) is 0. The van der Waals surface area contributed by atoms with Gasteiger partial charge in [0.05, 0.1) is 17.7 Å². The molecule has 0 unspecified atom stereocenters. The number of benzene rings is 2. The number of rotatable bonds is 4. The lowest BCUT2D eigenvalue weighted by atomic mass is 10.3. The molecule has 150 valence electrons. The average Bonchev–Trinajstić information content (AvgIpc) is 3.33. The van der Waals surface area contributed by atoms with E-state index in [1.807, 2.05) is 0 Å². The van der Waals surface area contributed by atoms with Crippen LogP contribution >= 0.6 is 0 Å².